The van der Waals surface area contributed by atoms with Crippen LogP contribution >= 0.6 is 0 Å². The fraction of sp³-hybridized carbons (Fsp3) is 0.310. The van der Waals surface area contributed by atoms with Gasteiger partial charge in [0.15, 0.2) is 11.5 Å². The molecule has 0 saturated heterocycles. The lowest BCUT2D eigenvalue weighted by molar-refractivity contribution is 0.00187. The number of hydrogen-bond donors (Lipinski definition) is 6. The van der Waals surface area contributed by atoms with Crippen molar-refractivity contribution in [2.75, 3.05) is 55.7 Å². The molecule has 15 heteroatoms. The molecule has 0 atom stereocenters. The van der Waals surface area contributed by atoms with Gasteiger partial charge in [0.1, 0.15) is 17.2 Å². The number of rotatable bonds is 16. The molecule has 0 aliphatic rings. The van der Waals surface area contributed by atoms with Gasteiger partial charge in [-0.25, -0.2) is 13.2 Å². The van der Waals surface area contributed by atoms with E-state index in [1.165, 1.54) is 14.2 Å². The Kier molecular flexibility index (Phi) is 13.1. The number of Topliss-reactive ketones (excluding diaryl/α,β-unsaturated/α-hetero) is 1. The molecule has 0 bridgehead atoms. The highest BCUT2D eigenvalue weighted by molar-refractivity contribution is 7.92. The Hall–Kier alpha value is -5.74. The van der Waals surface area contributed by atoms with Crippen molar-refractivity contribution in [1.29, 1.82) is 0 Å². The number of amides is 2. The van der Waals surface area contributed by atoms with E-state index >= 15 is 0 Å². The summed E-state index contributed by atoms with van der Waals surface area (Å²) in [6, 6.07) is 22.4. The summed E-state index contributed by atoms with van der Waals surface area (Å²) in [5.41, 5.74) is 1.76. The fourth-order valence-electron chi connectivity index (χ4n) is 6.18. The summed E-state index contributed by atoms with van der Waals surface area (Å²) in [5, 5.41) is 36.2. The van der Waals surface area contributed by atoms with Crippen molar-refractivity contribution in [2.24, 2.45) is 5.41 Å². The Labute approximate surface area is 331 Å². The topological polar surface area (TPSA) is 206 Å². The van der Waals surface area contributed by atoms with E-state index in [1.807, 2.05) is 45.0 Å². The standard InChI is InChI=1S/C42H48N4O10S/c1-41(2,3)27-19-34(39(55-5)35(20-27)46-57(6,52)53)45-40(51)44-33-13-14-37(31-10-8-7-9-30(31)33)56-29-15-16-43-28(21-29)17-26-11-12-32(38(18-26)54-4)36(50)22-42(23-47,24-48)25-49/h7-16,18-21,46-49H,17,22-25H2,1-6H3,(H2,44,45,51). The summed E-state index contributed by atoms with van der Waals surface area (Å²) in [6.07, 6.45) is 2.78. The minimum atomic E-state index is -3.65. The molecule has 1 aromatic heterocycles. The fourth-order valence-corrected chi connectivity index (χ4v) is 6.73. The predicted octanol–water partition coefficient (Wildman–Crippen LogP) is 6.48. The number of benzene rings is 4. The molecule has 14 nitrogen and oxygen atoms in total. The molecular formula is C42H48N4O10S. The Morgan fingerprint density at radius 2 is 1.44 bits per heavy atom. The molecule has 6 N–H and O–H groups in total. The zero-order valence-electron chi connectivity index (χ0n) is 32.7. The second-order valence-corrected chi connectivity index (χ2v) is 16.6. The number of sulfonamides is 1. The molecule has 0 unspecified atom stereocenters. The van der Waals surface area contributed by atoms with Crippen molar-refractivity contribution in [1.82, 2.24) is 4.98 Å². The first-order chi connectivity index (χ1) is 27.0. The van der Waals surface area contributed by atoms with Crippen LogP contribution < -0.4 is 29.6 Å². The van der Waals surface area contributed by atoms with Crippen LogP contribution in [-0.4, -0.2) is 80.8 Å². The first-order valence-corrected chi connectivity index (χ1v) is 19.9. The van der Waals surface area contributed by atoms with Gasteiger partial charge in [-0.15, -0.1) is 0 Å². The average molecular weight is 801 g/mol. The highest BCUT2D eigenvalue weighted by Gasteiger charge is 2.32. The second-order valence-electron chi connectivity index (χ2n) is 14.8. The third-order valence-electron chi connectivity index (χ3n) is 9.34. The number of anilines is 3. The van der Waals surface area contributed by atoms with Crippen LogP contribution in [0, 0.1) is 5.41 Å². The molecule has 0 fully saturated rings. The van der Waals surface area contributed by atoms with Gasteiger partial charge in [-0.2, -0.15) is 0 Å². The SMILES string of the molecule is COc1cc(Cc2cc(Oc3ccc(NC(=O)Nc4cc(C(C)(C)C)cc(NS(C)(=O)=O)c4OC)c4ccccc34)ccn2)ccc1C(=O)CC(CO)(CO)CO. The summed E-state index contributed by atoms with van der Waals surface area (Å²) < 4.78 is 44.2. The molecular weight excluding hydrogens is 753 g/mol. The lowest BCUT2D eigenvalue weighted by Gasteiger charge is -2.26. The summed E-state index contributed by atoms with van der Waals surface area (Å²) in [5.74, 6) is 1.12. The van der Waals surface area contributed by atoms with E-state index in [1.54, 1.807) is 60.8 Å². The van der Waals surface area contributed by atoms with Gasteiger partial charge in [0.05, 0.1) is 62.9 Å². The van der Waals surface area contributed by atoms with Gasteiger partial charge in [-0.05, 0) is 59.0 Å². The molecule has 0 aliphatic heterocycles. The number of ether oxygens (including phenoxy) is 3. The van der Waals surface area contributed by atoms with E-state index in [2.05, 4.69) is 20.3 Å². The maximum absolute atomic E-state index is 13.5. The van der Waals surface area contributed by atoms with Gasteiger partial charge in [0, 0.05) is 47.0 Å². The van der Waals surface area contributed by atoms with Gasteiger partial charge in [0.2, 0.25) is 10.0 Å². The van der Waals surface area contributed by atoms with E-state index in [0.717, 1.165) is 22.8 Å². The quantitative estimate of drug-likeness (QED) is 0.0596. The molecule has 0 spiro atoms. The number of nitrogens with zero attached hydrogens (tertiary/aromatic N) is 1. The molecule has 5 rings (SSSR count). The van der Waals surface area contributed by atoms with Crippen molar-refractivity contribution in [3.63, 3.8) is 0 Å². The number of aliphatic hydroxyl groups is 3. The van der Waals surface area contributed by atoms with Crippen molar-refractivity contribution in [2.45, 2.75) is 39.0 Å². The highest BCUT2D eigenvalue weighted by atomic mass is 32.2. The molecule has 5 aromatic rings. The number of aromatic nitrogens is 1. The van der Waals surface area contributed by atoms with Crippen LogP contribution in [0.25, 0.3) is 10.8 Å². The maximum Gasteiger partial charge on any atom is 0.323 e. The summed E-state index contributed by atoms with van der Waals surface area (Å²) in [7, 11) is -0.819. The number of hydrogen-bond acceptors (Lipinski definition) is 11. The summed E-state index contributed by atoms with van der Waals surface area (Å²) >= 11 is 0. The second kappa shape index (κ2) is 17.6. The van der Waals surface area contributed by atoms with Crippen LogP contribution in [0.15, 0.2) is 85.1 Å². The van der Waals surface area contributed by atoms with E-state index in [-0.39, 0.29) is 40.3 Å². The van der Waals surface area contributed by atoms with Gasteiger partial charge >= 0.3 is 6.03 Å². The maximum atomic E-state index is 13.5. The van der Waals surface area contributed by atoms with Gasteiger partial charge in [-0.1, -0.05) is 51.1 Å². The van der Waals surface area contributed by atoms with E-state index in [4.69, 9.17) is 14.2 Å². The third kappa shape index (κ3) is 10.4. The van der Waals surface area contributed by atoms with Crippen LogP contribution in [0.1, 0.15) is 54.4 Å². The number of pyridine rings is 1. The first kappa shape index (κ1) is 42.4. The normalized spacial score (nSPS) is 11.9. The zero-order valence-corrected chi connectivity index (χ0v) is 33.5. The monoisotopic (exact) mass is 800 g/mol. The van der Waals surface area contributed by atoms with E-state index < -0.39 is 41.3 Å². The van der Waals surface area contributed by atoms with Crippen molar-refractivity contribution < 1.29 is 47.5 Å². The molecule has 2 amide bonds. The zero-order chi connectivity index (χ0) is 41.5. The Morgan fingerprint density at radius 1 is 0.772 bits per heavy atom. The van der Waals surface area contributed by atoms with Crippen molar-refractivity contribution >= 4 is 49.7 Å². The average Bonchev–Trinajstić information content (AvgIpc) is 3.17. The van der Waals surface area contributed by atoms with Gasteiger partial charge in [-0.3, -0.25) is 14.5 Å². The van der Waals surface area contributed by atoms with E-state index in [0.29, 0.717) is 40.4 Å². The van der Waals surface area contributed by atoms with Gasteiger partial charge < -0.3 is 40.2 Å². The number of nitrogens with one attached hydrogen (secondary N) is 3. The number of urea groups is 1. The van der Waals surface area contributed by atoms with Crippen LogP contribution in [0.4, 0.5) is 21.9 Å². The molecule has 1 heterocycles. The van der Waals surface area contributed by atoms with Crippen LogP contribution in [0.2, 0.25) is 0 Å². The van der Waals surface area contributed by atoms with Crippen molar-refractivity contribution in [3.8, 4) is 23.0 Å². The molecule has 57 heavy (non-hydrogen) atoms. The summed E-state index contributed by atoms with van der Waals surface area (Å²) in [4.78, 5) is 31.1. The number of ketones is 1. The molecule has 0 saturated carbocycles. The minimum absolute atomic E-state index is 0.156. The Morgan fingerprint density at radius 3 is 2.07 bits per heavy atom. The minimum Gasteiger partial charge on any atom is -0.496 e. The Bertz CT molecular complexity index is 2370. The molecule has 4 aromatic carbocycles. The predicted molar refractivity (Wildman–Crippen MR) is 219 cm³/mol. The molecule has 302 valence electrons. The lowest BCUT2D eigenvalue weighted by atomic mass is 9.83. The van der Waals surface area contributed by atoms with Crippen LogP contribution in [-0.2, 0) is 21.9 Å². The largest absolute Gasteiger partial charge is 0.496 e. The molecule has 0 aliphatic carbocycles. The molecule has 0 radical (unpaired) electrons. The number of carbonyl (C=O) groups is 2. The van der Waals surface area contributed by atoms with E-state index in [9.17, 15) is 33.3 Å². The van der Waals surface area contributed by atoms with Crippen LogP contribution in [0.5, 0.6) is 23.0 Å². The number of methoxy groups -OCH3 is 2. The number of carbonyl (C=O) groups excluding carboxylic acids is 2. The number of aliphatic hydroxyl groups excluding tert-OH is 3. The smallest absolute Gasteiger partial charge is 0.323 e. The third-order valence-corrected chi connectivity index (χ3v) is 9.93. The summed E-state index contributed by atoms with van der Waals surface area (Å²) in [6.45, 7) is 4.26. The van der Waals surface area contributed by atoms with Gasteiger partial charge in [0.25, 0.3) is 0 Å². The highest BCUT2D eigenvalue weighted by Crippen LogP contribution is 2.40. The van der Waals surface area contributed by atoms with Crippen molar-refractivity contribution in [3.05, 3.63) is 107 Å². The number of fused-ring (bicyclic) bond motifs is 1. The Balaban J connectivity index is 1.35. The lowest BCUT2D eigenvalue weighted by Crippen LogP contribution is -2.36. The van der Waals surface area contributed by atoms with Crippen LogP contribution in [0.3, 0.4) is 0 Å². The first-order valence-electron chi connectivity index (χ1n) is 18.0.